The summed E-state index contributed by atoms with van der Waals surface area (Å²) in [6, 6.07) is 3.37. The third-order valence-corrected chi connectivity index (χ3v) is 11.3. The summed E-state index contributed by atoms with van der Waals surface area (Å²) in [7, 11) is 0. The minimum Gasteiger partial charge on any atom is -0.481 e. The highest BCUT2D eigenvalue weighted by Crippen LogP contribution is 2.21. The average Bonchev–Trinajstić information content (AvgIpc) is 3.92. The molecule has 0 aliphatic carbocycles. The number of hydrogen-bond donors (Lipinski definition) is 14. The Morgan fingerprint density at radius 3 is 1.49 bits per heavy atom. The number of carboxylic acids is 2. The first-order chi connectivity index (χ1) is 33.4. The summed E-state index contributed by atoms with van der Waals surface area (Å²) < 4.78 is 0. The molecule has 0 radical (unpaired) electrons. The van der Waals surface area contributed by atoms with E-state index in [4.69, 9.17) is 10.8 Å². The molecule has 0 aliphatic heterocycles. The van der Waals surface area contributed by atoms with Gasteiger partial charge in [-0.2, -0.15) is 0 Å². The highest BCUT2D eigenvalue weighted by atomic mass is 16.4. The lowest BCUT2D eigenvalue weighted by Crippen LogP contribution is -2.60. The summed E-state index contributed by atoms with van der Waals surface area (Å²) in [5.41, 5.74) is 8.40. The van der Waals surface area contributed by atoms with Crippen LogP contribution in [0.15, 0.2) is 60.9 Å². The molecule has 2 aromatic carbocycles. The number of carbonyl (C=O) groups is 10. The van der Waals surface area contributed by atoms with E-state index in [1.807, 2.05) is 0 Å². The molecular weight excluding hydrogens is 927 g/mol. The van der Waals surface area contributed by atoms with Crippen molar-refractivity contribution in [2.45, 2.75) is 122 Å². The lowest BCUT2D eigenvalue weighted by Gasteiger charge is -2.26. The molecule has 2 heterocycles. The van der Waals surface area contributed by atoms with Crippen LogP contribution in [0.2, 0.25) is 0 Å². The first kappa shape index (κ1) is 55.7. The number of nitrogens with one attached hydrogen (secondary N) is 10. The van der Waals surface area contributed by atoms with Gasteiger partial charge in [0.1, 0.15) is 42.3 Å². The van der Waals surface area contributed by atoms with Gasteiger partial charge in [0.05, 0.1) is 25.1 Å². The predicted octanol–water partition coefficient (Wildman–Crippen LogP) is -1.68. The van der Waals surface area contributed by atoms with E-state index >= 15 is 0 Å². The number of hydrogen-bond acceptors (Lipinski definition) is 12. The van der Waals surface area contributed by atoms with Crippen molar-refractivity contribution in [3.8, 4) is 0 Å². The van der Waals surface area contributed by atoms with Crippen LogP contribution in [0.25, 0.3) is 21.8 Å². The van der Waals surface area contributed by atoms with Crippen molar-refractivity contribution < 1.29 is 63.3 Å². The summed E-state index contributed by atoms with van der Waals surface area (Å²) in [6.45, 7) is 7.92. The third kappa shape index (κ3) is 16.4. The average molecular weight is 990 g/mol. The number of aliphatic hydroxyl groups excluding tert-OH is 1. The molecule has 8 amide bonds. The largest absolute Gasteiger partial charge is 0.481 e. The number of aliphatic hydroxyl groups is 1. The van der Waals surface area contributed by atoms with E-state index in [-0.39, 0.29) is 25.2 Å². The molecule has 0 spiro atoms. The minimum atomic E-state index is -1.70. The van der Waals surface area contributed by atoms with Gasteiger partial charge >= 0.3 is 11.9 Å². The fourth-order valence-corrected chi connectivity index (χ4v) is 7.36. The Hall–Kier alpha value is -7.86. The Morgan fingerprint density at radius 2 is 1.00 bits per heavy atom. The maximum atomic E-state index is 14.2. The van der Waals surface area contributed by atoms with Crippen molar-refractivity contribution in [3.63, 3.8) is 0 Å². The lowest BCUT2D eigenvalue weighted by molar-refractivity contribution is -0.141. The van der Waals surface area contributed by atoms with E-state index in [0.29, 0.717) is 16.5 Å². The van der Waals surface area contributed by atoms with Crippen LogP contribution in [0.5, 0.6) is 0 Å². The zero-order valence-electron chi connectivity index (χ0n) is 40.1. The standard InChI is InChI=1S/C47H63N11O13/c1-22(2)15-34(43(66)53-24(4)40(63)52-23(3)41(64)54-25(5)47(70)71)57-44(67)35(16-27-19-49-32-13-9-7-11-29(27)32)55-37(60)21-51-46(69)39(26(6)59)58-45(68)36(56-42(65)31(48)18-38(61)62)17-28-20-50-33-14-10-8-12-30(28)33/h7-14,19-20,22-26,31,34-36,39,49-50,59H,15-18,21,48H2,1-6H3,(H,51,69)(H,52,63)(H,53,66)(H,54,64)(H,55,60)(H,56,65)(H,57,67)(H,58,68)(H,61,62)(H,70,71)/t23-,24-,25-,26+,31-,34-,35-,36-,39-/m0/s1. The number of aliphatic carboxylic acids is 2. The van der Waals surface area contributed by atoms with Crippen molar-refractivity contribution in [1.29, 1.82) is 0 Å². The van der Waals surface area contributed by atoms with E-state index in [1.165, 1.54) is 27.7 Å². The number of aromatic nitrogens is 2. The van der Waals surface area contributed by atoms with Gasteiger partial charge < -0.3 is 73.6 Å². The summed E-state index contributed by atoms with van der Waals surface area (Å²) in [5, 5.41) is 50.0. The number of nitrogens with two attached hydrogens (primary N) is 1. The molecular formula is C47H63N11O13. The molecule has 0 aliphatic rings. The zero-order chi connectivity index (χ0) is 52.7. The van der Waals surface area contributed by atoms with Crippen LogP contribution in [0, 0.1) is 5.92 Å². The van der Waals surface area contributed by atoms with Gasteiger partial charge in [-0.05, 0) is 63.3 Å². The van der Waals surface area contributed by atoms with Crippen LogP contribution in [-0.4, -0.2) is 145 Å². The first-order valence-corrected chi connectivity index (χ1v) is 22.8. The van der Waals surface area contributed by atoms with Crippen LogP contribution in [-0.2, 0) is 60.8 Å². The number of carbonyl (C=O) groups excluding carboxylic acids is 8. The van der Waals surface area contributed by atoms with Gasteiger partial charge in [-0.3, -0.25) is 47.9 Å². The number of benzene rings is 2. The molecule has 15 N–H and O–H groups in total. The van der Waals surface area contributed by atoms with Gasteiger partial charge in [0.15, 0.2) is 0 Å². The van der Waals surface area contributed by atoms with Crippen LogP contribution in [0.1, 0.15) is 65.5 Å². The smallest absolute Gasteiger partial charge is 0.325 e. The fraction of sp³-hybridized carbons (Fsp3) is 0.447. The number of rotatable bonds is 26. The van der Waals surface area contributed by atoms with Gasteiger partial charge in [-0.1, -0.05) is 50.2 Å². The number of amides is 8. The second-order valence-electron chi connectivity index (χ2n) is 17.7. The Kier molecular flexibility index (Phi) is 20.1. The van der Waals surface area contributed by atoms with Crippen molar-refractivity contribution in [2.24, 2.45) is 11.7 Å². The SMILES string of the molecule is CC(C)C[C@H](NC(=O)[C@H](Cc1c[nH]c2ccccc12)NC(=O)CNC(=O)[C@@H](NC(=O)[C@H](Cc1c[nH]c2ccccc12)NC(=O)[C@@H](N)CC(=O)O)[C@@H](C)O)C(=O)N[C@@H](C)C(=O)N[C@@H](C)C(=O)N[C@@H](C)C(=O)O. The predicted molar refractivity (Wildman–Crippen MR) is 257 cm³/mol. The van der Waals surface area contributed by atoms with Crippen LogP contribution in [0.4, 0.5) is 0 Å². The monoisotopic (exact) mass is 989 g/mol. The Labute approximate surface area is 407 Å². The second-order valence-corrected chi connectivity index (χ2v) is 17.7. The van der Waals surface area contributed by atoms with Gasteiger partial charge in [0, 0.05) is 47.0 Å². The van der Waals surface area contributed by atoms with Crippen molar-refractivity contribution in [2.75, 3.05) is 6.54 Å². The molecule has 9 atom stereocenters. The molecule has 4 aromatic rings. The maximum Gasteiger partial charge on any atom is 0.325 e. The van der Waals surface area contributed by atoms with E-state index in [9.17, 15) is 58.2 Å². The topological polar surface area (TPSA) is 385 Å². The molecule has 2 aromatic heterocycles. The fourth-order valence-electron chi connectivity index (χ4n) is 7.36. The molecule has 24 nitrogen and oxygen atoms in total. The molecule has 4 rings (SSSR count). The van der Waals surface area contributed by atoms with Crippen molar-refractivity contribution in [3.05, 3.63) is 72.1 Å². The number of carboxylic acid groups (broad SMARTS) is 2. The number of aromatic amines is 2. The maximum absolute atomic E-state index is 14.2. The summed E-state index contributed by atoms with van der Waals surface area (Å²) in [5.74, 6) is -9.80. The van der Waals surface area contributed by atoms with Crippen LogP contribution < -0.4 is 48.3 Å². The molecule has 0 unspecified atom stereocenters. The minimum absolute atomic E-state index is 0.0789. The highest BCUT2D eigenvalue weighted by Gasteiger charge is 2.34. The van der Waals surface area contributed by atoms with Gasteiger partial charge in [0.2, 0.25) is 47.3 Å². The van der Waals surface area contributed by atoms with E-state index in [0.717, 1.165) is 16.4 Å². The summed E-state index contributed by atoms with van der Waals surface area (Å²) in [6.07, 6.45) is 0.767. The number of fused-ring (bicyclic) bond motifs is 2. The normalized spacial score (nSPS) is 15.1. The highest BCUT2D eigenvalue weighted by molar-refractivity contribution is 5.98. The Balaban J connectivity index is 1.49. The van der Waals surface area contributed by atoms with Crippen molar-refractivity contribution in [1.82, 2.24) is 52.5 Å². The quantitative estimate of drug-likeness (QED) is 0.0334. The molecule has 0 saturated carbocycles. The molecule has 24 heteroatoms. The van der Waals surface area contributed by atoms with Gasteiger partial charge in [-0.15, -0.1) is 0 Å². The van der Waals surface area contributed by atoms with Gasteiger partial charge in [-0.25, -0.2) is 0 Å². The number of H-pyrrole nitrogens is 2. The summed E-state index contributed by atoms with van der Waals surface area (Å²) in [4.78, 5) is 136. The van der Waals surface area contributed by atoms with Gasteiger partial charge in [0.25, 0.3) is 0 Å². The van der Waals surface area contributed by atoms with Crippen molar-refractivity contribution >= 4 is 81.0 Å². The summed E-state index contributed by atoms with van der Waals surface area (Å²) >= 11 is 0. The second kappa shape index (κ2) is 25.7. The molecule has 0 fully saturated rings. The number of para-hydroxylation sites is 2. The molecule has 384 valence electrons. The molecule has 71 heavy (non-hydrogen) atoms. The molecule has 0 bridgehead atoms. The van der Waals surface area contributed by atoms with Crippen LogP contribution >= 0.6 is 0 Å². The first-order valence-electron chi connectivity index (χ1n) is 22.8. The van der Waals surface area contributed by atoms with E-state index < -0.39 is 127 Å². The van der Waals surface area contributed by atoms with E-state index in [1.54, 1.807) is 74.8 Å². The Morgan fingerprint density at radius 1 is 0.549 bits per heavy atom. The molecule has 0 saturated heterocycles. The van der Waals surface area contributed by atoms with E-state index in [2.05, 4.69) is 52.5 Å². The Bertz CT molecular complexity index is 2590. The third-order valence-electron chi connectivity index (χ3n) is 11.3. The lowest BCUT2D eigenvalue weighted by atomic mass is 10.0. The van der Waals surface area contributed by atoms with Crippen LogP contribution in [0.3, 0.4) is 0 Å². The zero-order valence-corrected chi connectivity index (χ0v) is 40.1.